The molecule has 1 nitrogen and oxygen atoms in total. The zero-order valence-electron chi connectivity index (χ0n) is 8.00. The molecule has 0 spiro atoms. The van der Waals surface area contributed by atoms with Gasteiger partial charge in [-0.1, -0.05) is 18.2 Å². The molecule has 4 rings (SSSR count). The molecule has 0 radical (unpaired) electrons. The van der Waals surface area contributed by atoms with Crippen LogP contribution < -0.4 is 0 Å². The van der Waals surface area contributed by atoms with Gasteiger partial charge in [0.1, 0.15) is 0 Å². The van der Waals surface area contributed by atoms with Crippen molar-refractivity contribution < 1.29 is 0 Å². The van der Waals surface area contributed by atoms with Gasteiger partial charge in [-0.15, -0.1) is 11.6 Å². The van der Waals surface area contributed by atoms with Crippen LogP contribution in [0.15, 0.2) is 36.4 Å². The maximum absolute atomic E-state index is 5.87. The number of alkyl halides is 1. The van der Waals surface area contributed by atoms with Crippen LogP contribution in [0.4, 0.5) is 0 Å². The number of para-hydroxylation sites is 1. The highest BCUT2D eigenvalue weighted by atomic mass is 35.5. The highest BCUT2D eigenvalue weighted by Crippen LogP contribution is 2.45. The molecule has 2 heteroatoms. The number of nitrogens with zero attached hydrogens (tertiary/aromatic N) is 1. The third kappa shape index (κ3) is 0.806. The Morgan fingerprint density at radius 2 is 1.93 bits per heavy atom. The summed E-state index contributed by atoms with van der Waals surface area (Å²) in [7, 11) is 0. The summed E-state index contributed by atoms with van der Waals surface area (Å²) in [5.74, 6) is 0.594. The van der Waals surface area contributed by atoms with Gasteiger partial charge in [-0.05, 0) is 23.8 Å². The van der Waals surface area contributed by atoms with Gasteiger partial charge in [-0.3, -0.25) is 0 Å². The van der Waals surface area contributed by atoms with Crippen molar-refractivity contribution in [3.8, 4) is 5.69 Å². The number of benzene rings is 2. The predicted molar refractivity (Wildman–Crippen MR) is 63.9 cm³/mol. The smallest absolute Gasteiger partial charge is 0.0783 e. The number of hydrogen-bond donors (Lipinski definition) is 0. The van der Waals surface area contributed by atoms with Crippen LogP contribution in [0.25, 0.3) is 27.5 Å². The molecule has 0 fully saturated rings. The van der Waals surface area contributed by atoms with Crippen molar-refractivity contribution in [3.63, 3.8) is 0 Å². The topological polar surface area (TPSA) is 4.93 Å². The minimum Gasteiger partial charge on any atom is -0.305 e. The number of hydrogen-bond acceptors (Lipinski definition) is 0. The number of halogens is 1. The van der Waals surface area contributed by atoms with Crippen LogP contribution in [-0.2, 0) is 5.88 Å². The average Bonchev–Trinajstić information content (AvgIpc) is 2.90. The molecule has 0 bridgehead atoms. The van der Waals surface area contributed by atoms with Crippen molar-refractivity contribution in [2.45, 2.75) is 5.88 Å². The second-order valence-electron chi connectivity index (χ2n) is 4.00. The standard InChI is InChI=1S/C13H8ClN/c14-7-8-5-10-9-3-1-2-4-11(9)15-12(6-8)13(10)15/h1-6H,7H2. The molecule has 0 atom stereocenters. The van der Waals surface area contributed by atoms with E-state index in [1.165, 1.54) is 33.1 Å². The summed E-state index contributed by atoms with van der Waals surface area (Å²) in [4.78, 5) is 0. The van der Waals surface area contributed by atoms with Crippen molar-refractivity contribution >= 4 is 33.4 Å². The summed E-state index contributed by atoms with van der Waals surface area (Å²) in [5.41, 5.74) is 5.24. The van der Waals surface area contributed by atoms with Crippen LogP contribution in [0.2, 0.25) is 0 Å². The molecule has 2 heterocycles. The number of rotatable bonds is 1. The second kappa shape index (κ2) is 2.37. The summed E-state index contributed by atoms with van der Waals surface area (Å²) in [6, 6.07) is 12.9. The van der Waals surface area contributed by atoms with E-state index in [-0.39, 0.29) is 0 Å². The van der Waals surface area contributed by atoms with E-state index in [1.807, 2.05) is 0 Å². The van der Waals surface area contributed by atoms with Crippen LogP contribution in [0.1, 0.15) is 5.56 Å². The first-order chi connectivity index (χ1) is 7.40. The first-order valence-electron chi connectivity index (χ1n) is 5.02. The van der Waals surface area contributed by atoms with Gasteiger partial charge in [-0.2, -0.15) is 0 Å². The quantitative estimate of drug-likeness (QED) is 0.424. The summed E-state index contributed by atoms with van der Waals surface area (Å²) >= 11 is 5.87. The Bertz CT molecular complexity index is 709. The summed E-state index contributed by atoms with van der Waals surface area (Å²) < 4.78 is 2.31. The van der Waals surface area contributed by atoms with Gasteiger partial charge in [0.2, 0.25) is 0 Å². The molecule has 0 unspecified atom stereocenters. The fraction of sp³-hybridized carbons (Fsp3) is 0.0769. The Balaban J connectivity index is 2.25. The Morgan fingerprint density at radius 1 is 1.07 bits per heavy atom. The molecule has 1 aliphatic heterocycles. The lowest BCUT2D eigenvalue weighted by atomic mass is 10.1. The molecular weight excluding hydrogens is 206 g/mol. The van der Waals surface area contributed by atoms with E-state index in [0.29, 0.717) is 5.88 Å². The fourth-order valence-corrected chi connectivity index (χ4v) is 2.62. The maximum atomic E-state index is 5.87. The third-order valence-electron chi connectivity index (χ3n) is 3.15. The summed E-state index contributed by atoms with van der Waals surface area (Å²) in [5, 5.41) is 2.69. The normalized spacial score (nSPS) is 12.6. The van der Waals surface area contributed by atoms with Crippen LogP contribution in [0.5, 0.6) is 0 Å². The van der Waals surface area contributed by atoms with E-state index < -0.39 is 0 Å². The molecule has 0 aliphatic carbocycles. The lowest BCUT2D eigenvalue weighted by molar-refractivity contribution is 1.34. The number of fused-ring (bicyclic) bond motifs is 4. The van der Waals surface area contributed by atoms with Crippen molar-refractivity contribution in [1.29, 1.82) is 0 Å². The van der Waals surface area contributed by atoms with E-state index in [0.717, 1.165) is 0 Å². The SMILES string of the molecule is ClCc1cc2c3c(c1)c1ccccc1n3-2. The summed E-state index contributed by atoms with van der Waals surface area (Å²) in [6.07, 6.45) is 0. The molecule has 1 aromatic heterocycles. The Labute approximate surface area is 91.9 Å². The van der Waals surface area contributed by atoms with Gasteiger partial charge in [-0.25, -0.2) is 0 Å². The monoisotopic (exact) mass is 213 g/mol. The first kappa shape index (κ1) is 7.77. The molecule has 0 N–H and O–H groups in total. The van der Waals surface area contributed by atoms with E-state index in [4.69, 9.17) is 11.6 Å². The molecule has 72 valence electrons. The molecule has 0 amide bonds. The van der Waals surface area contributed by atoms with Crippen molar-refractivity contribution in [2.75, 3.05) is 0 Å². The second-order valence-corrected chi connectivity index (χ2v) is 4.26. The number of pyridine rings is 1. The van der Waals surface area contributed by atoms with Crippen LogP contribution in [-0.4, -0.2) is 4.57 Å². The van der Waals surface area contributed by atoms with Gasteiger partial charge < -0.3 is 4.57 Å². The highest BCUT2D eigenvalue weighted by molar-refractivity contribution is 6.20. The van der Waals surface area contributed by atoms with Gasteiger partial charge in [0.15, 0.2) is 0 Å². The number of aromatic nitrogens is 1. The van der Waals surface area contributed by atoms with E-state index >= 15 is 0 Å². The molecule has 2 aromatic carbocycles. The summed E-state index contributed by atoms with van der Waals surface area (Å²) in [6.45, 7) is 0. The third-order valence-corrected chi connectivity index (χ3v) is 3.46. The molecule has 0 saturated heterocycles. The van der Waals surface area contributed by atoms with Gasteiger partial charge in [0, 0.05) is 16.7 Å². The van der Waals surface area contributed by atoms with E-state index in [9.17, 15) is 0 Å². The van der Waals surface area contributed by atoms with Crippen LogP contribution in [0, 0.1) is 0 Å². The molecular formula is C13H8ClN. The Hall–Kier alpha value is -1.47. The van der Waals surface area contributed by atoms with E-state index in [2.05, 4.69) is 41.0 Å². The van der Waals surface area contributed by atoms with Gasteiger partial charge in [0.25, 0.3) is 0 Å². The van der Waals surface area contributed by atoms with Crippen LogP contribution >= 0.6 is 11.6 Å². The van der Waals surface area contributed by atoms with E-state index in [1.54, 1.807) is 0 Å². The van der Waals surface area contributed by atoms with Crippen molar-refractivity contribution in [1.82, 2.24) is 4.57 Å². The lowest BCUT2D eigenvalue weighted by Crippen LogP contribution is -1.80. The first-order valence-corrected chi connectivity index (χ1v) is 5.56. The minimum absolute atomic E-state index is 0.594. The fourth-order valence-electron chi connectivity index (χ4n) is 2.47. The van der Waals surface area contributed by atoms with Crippen molar-refractivity contribution in [3.05, 3.63) is 42.0 Å². The Kier molecular flexibility index (Phi) is 1.23. The molecule has 1 aliphatic rings. The molecule has 15 heavy (non-hydrogen) atoms. The predicted octanol–water partition coefficient (Wildman–Crippen LogP) is 3.84. The maximum Gasteiger partial charge on any atom is 0.0783 e. The minimum atomic E-state index is 0.594. The lowest BCUT2D eigenvalue weighted by Gasteiger charge is -1.98. The molecule has 3 aromatic rings. The largest absolute Gasteiger partial charge is 0.305 e. The molecule has 0 saturated carbocycles. The Morgan fingerprint density at radius 3 is 2.80 bits per heavy atom. The zero-order chi connectivity index (χ0) is 9.99. The van der Waals surface area contributed by atoms with Crippen molar-refractivity contribution in [2.24, 2.45) is 0 Å². The van der Waals surface area contributed by atoms with Gasteiger partial charge in [0.05, 0.1) is 16.7 Å². The zero-order valence-corrected chi connectivity index (χ0v) is 8.75. The van der Waals surface area contributed by atoms with Gasteiger partial charge >= 0.3 is 0 Å². The van der Waals surface area contributed by atoms with Crippen LogP contribution in [0.3, 0.4) is 0 Å². The highest BCUT2D eigenvalue weighted by Gasteiger charge is 2.26. The average molecular weight is 214 g/mol.